The predicted octanol–water partition coefficient (Wildman–Crippen LogP) is 1.81. The third-order valence-corrected chi connectivity index (χ3v) is 2.46. The molecule has 0 atom stereocenters. The zero-order valence-electron chi connectivity index (χ0n) is 9.46. The number of nitrogens with zero attached hydrogens (tertiary/aromatic N) is 1. The molecule has 0 unspecified atom stereocenters. The number of nitrogens with two attached hydrogens (primary N) is 1. The van der Waals surface area contributed by atoms with Crippen molar-refractivity contribution in [3.63, 3.8) is 0 Å². The van der Waals surface area contributed by atoms with Crippen molar-refractivity contribution >= 4 is 28.9 Å². The molecule has 0 aliphatic rings. The fraction of sp³-hybridized carbons (Fsp3) is 0.364. The van der Waals surface area contributed by atoms with E-state index in [0.717, 1.165) is 5.69 Å². The molecule has 0 saturated carbocycles. The van der Waals surface area contributed by atoms with Gasteiger partial charge in [0.15, 0.2) is 0 Å². The average molecular weight is 242 g/mol. The van der Waals surface area contributed by atoms with Gasteiger partial charge < -0.3 is 16.0 Å². The van der Waals surface area contributed by atoms with E-state index in [-0.39, 0.29) is 5.91 Å². The lowest BCUT2D eigenvalue weighted by Crippen LogP contribution is -2.23. The van der Waals surface area contributed by atoms with Gasteiger partial charge in [0.2, 0.25) is 5.91 Å². The van der Waals surface area contributed by atoms with Gasteiger partial charge in [-0.1, -0.05) is 11.6 Å². The SMILES string of the molecule is CN(C)C(=O)CCNc1ccc(N)cc1Cl. The predicted molar refractivity (Wildman–Crippen MR) is 67.7 cm³/mol. The van der Waals surface area contributed by atoms with Crippen LogP contribution < -0.4 is 11.1 Å². The van der Waals surface area contributed by atoms with Crippen molar-refractivity contribution in [2.75, 3.05) is 31.7 Å². The number of carbonyl (C=O) groups excluding carboxylic acids is 1. The molecule has 0 heterocycles. The lowest BCUT2D eigenvalue weighted by Gasteiger charge is -2.12. The van der Waals surface area contributed by atoms with Gasteiger partial charge in [0.1, 0.15) is 0 Å². The van der Waals surface area contributed by atoms with E-state index in [0.29, 0.717) is 23.7 Å². The molecule has 0 spiro atoms. The lowest BCUT2D eigenvalue weighted by atomic mass is 10.2. The smallest absolute Gasteiger partial charge is 0.223 e. The van der Waals surface area contributed by atoms with Crippen molar-refractivity contribution in [1.82, 2.24) is 4.90 Å². The number of rotatable bonds is 4. The number of amides is 1. The van der Waals surface area contributed by atoms with Crippen LogP contribution in [0.1, 0.15) is 6.42 Å². The minimum atomic E-state index is 0.0825. The number of carbonyl (C=O) groups is 1. The van der Waals surface area contributed by atoms with Crippen molar-refractivity contribution in [2.45, 2.75) is 6.42 Å². The Kier molecular flexibility index (Phi) is 4.43. The molecule has 88 valence electrons. The summed E-state index contributed by atoms with van der Waals surface area (Å²) >= 11 is 5.97. The number of halogens is 1. The first kappa shape index (κ1) is 12.6. The Morgan fingerprint density at radius 3 is 2.75 bits per heavy atom. The third-order valence-electron chi connectivity index (χ3n) is 2.15. The van der Waals surface area contributed by atoms with Crippen molar-refractivity contribution in [3.8, 4) is 0 Å². The summed E-state index contributed by atoms with van der Waals surface area (Å²) in [5.41, 5.74) is 6.99. The molecule has 1 aromatic carbocycles. The summed E-state index contributed by atoms with van der Waals surface area (Å²) in [4.78, 5) is 12.9. The summed E-state index contributed by atoms with van der Waals surface area (Å²) in [6.07, 6.45) is 0.438. The highest BCUT2D eigenvalue weighted by Crippen LogP contribution is 2.23. The van der Waals surface area contributed by atoms with Crippen LogP contribution in [0, 0.1) is 0 Å². The van der Waals surface area contributed by atoms with Gasteiger partial charge in [-0.3, -0.25) is 4.79 Å². The summed E-state index contributed by atoms with van der Waals surface area (Å²) in [5, 5.41) is 3.66. The van der Waals surface area contributed by atoms with Crippen LogP contribution in [0.5, 0.6) is 0 Å². The number of nitrogen functional groups attached to an aromatic ring is 1. The van der Waals surface area contributed by atoms with Crippen LogP contribution in [-0.2, 0) is 4.79 Å². The second kappa shape index (κ2) is 5.61. The Labute approximate surface area is 100 Å². The fourth-order valence-electron chi connectivity index (χ4n) is 1.20. The number of benzene rings is 1. The van der Waals surface area contributed by atoms with Crippen LogP contribution in [-0.4, -0.2) is 31.4 Å². The number of anilines is 2. The van der Waals surface area contributed by atoms with Gasteiger partial charge in [-0.05, 0) is 18.2 Å². The largest absolute Gasteiger partial charge is 0.399 e. The van der Waals surface area contributed by atoms with Gasteiger partial charge in [-0.15, -0.1) is 0 Å². The molecule has 3 N–H and O–H groups in total. The Balaban J connectivity index is 2.46. The minimum absolute atomic E-state index is 0.0825. The number of nitrogens with one attached hydrogen (secondary N) is 1. The quantitative estimate of drug-likeness (QED) is 0.791. The maximum atomic E-state index is 11.3. The molecule has 1 aromatic rings. The Morgan fingerprint density at radius 1 is 1.50 bits per heavy atom. The highest BCUT2D eigenvalue weighted by atomic mass is 35.5. The first-order chi connectivity index (χ1) is 7.50. The van der Waals surface area contributed by atoms with Gasteiger partial charge in [0.05, 0.1) is 10.7 Å². The second-order valence-electron chi connectivity index (χ2n) is 3.70. The monoisotopic (exact) mass is 241 g/mol. The second-order valence-corrected chi connectivity index (χ2v) is 4.11. The first-order valence-electron chi connectivity index (χ1n) is 4.99. The maximum absolute atomic E-state index is 11.3. The zero-order valence-corrected chi connectivity index (χ0v) is 10.2. The van der Waals surface area contributed by atoms with Crippen molar-refractivity contribution in [3.05, 3.63) is 23.2 Å². The highest BCUT2D eigenvalue weighted by Gasteiger charge is 2.04. The van der Waals surface area contributed by atoms with Crippen LogP contribution in [0.15, 0.2) is 18.2 Å². The van der Waals surface area contributed by atoms with Gasteiger partial charge in [0, 0.05) is 32.7 Å². The van der Waals surface area contributed by atoms with Crippen LogP contribution in [0.25, 0.3) is 0 Å². The summed E-state index contributed by atoms with van der Waals surface area (Å²) in [5.74, 6) is 0.0825. The minimum Gasteiger partial charge on any atom is -0.399 e. The standard InChI is InChI=1S/C11H16ClN3O/c1-15(2)11(16)5-6-14-10-4-3-8(13)7-9(10)12/h3-4,7,14H,5-6,13H2,1-2H3. The van der Waals surface area contributed by atoms with Gasteiger partial charge in [-0.2, -0.15) is 0 Å². The average Bonchev–Trinajstić information content (AvgIpc) is 2.20. The van der Waals surface area contributed by atoms with Gasteiger partial charge in [0.25, 0.3) is 0 Å². The molecular formula is C11H16ClN3O. The van der Waals surface area contributed by atoms with E-state index in [2.05, 4.69) is 5.32 Å². The van der Waals surface area contributed by atoms with E-state index in [9.17, 15) is 4.79 Å². The molecule has 1 rings (SSSR count). The van der Waals surface area contributed by atoms with Crippen LogP contribution in [0.4, 0.5) is 11.4 Å². The van der Waals surface area contributed by atoms with Crippen LogP contribution in [0.2, 0.25) is 5.02 Å². The number of hydrogen-bond donors (Lipinski definition) is 2. The molecule has 16 heavy (non-hydrogen) atoms. The van der Waals surface area contributed by atoms with E-state index in [1.165, 1.54) is 0 Å². The third kappa shape index (κ3) is 3.62. The summed E-state index contributed by atoms with van der Waals surface area (Å²) in [7, 11) is 3.47. The molecule has 0 fully saturated rings. The number of hydrogen-bond acceptors (Lipinski definition) is 3. The van der Waals surface area contributed by atoms with Gasteiger partial charge in [-0.25, -0.2) is 0 Å². The molecule has 1 amide bonds. The van der Waals surface area contributed by atoms with Crippen LogP contribution in [0.3, 0.4) is 0 Å². The highest BCUT2D eigenvalue weighted by molar-refractivity contribution is 6.33. The molecule has 0 aliphatic carbocycles. The fourth-order valence-corrected chi connectivity index (χ4v) is 1.46. The molecule has 0 radical (unpaired) electrons. The lowest BCUT2D eigenvalue weighted by molar-refractivity contribution is -0.128. The van der Waals surface area contributed by atoms with E-state index >= 15 is 0 Å². The Bertz CT molecular complexity index is 379. The molecule has 0 aromatic heterocycles. The van der Waals surface area contributed by atoms with Crippen molar-refractivity contribution < 1.29 is 4.79 Å². The molecule has 0 saturated heterocycles. The molecular weight excluding hydrogens is 226 g/mol. The normalized spacial score (nSPS) is 9.94. The van der Waals surface area contributed by atoms with E-state index in [4.69, 9.17) is 17.3 Å². The first-order valence-corrected chi connectivity index (χ1v) is 5.37. The topological polar surface area (TPSA) is 58.4 Å². The Morgan fingerprint density at radius 2 is 2.19 bits per heavy atom. The van der Waals surface area contributed by atoms with Crippen LogP contribution >= 0.6 is 11.6 Å². The van der Waals surface area contributed by atoms with Gasteiger partial charge >= 0.3 is 0 Å². The summed E-state index contributed by atoms with van der Waals surface area (Å²) < 4.78 is 0. The summed E-state index contributed by atoms with van der Waals surface area (Å²) in [6.45, 7) is 0.556. The van der Waals surface area contributed by atoms with E-state index in [1.54, 1.807) is 37.2 Å². The summed E-state index contributed by atoms with van der Waals surface area (Å²) in [6, 6.07) is 5.25. The Hall–Kier alpha value is -1.42. The molecule has 4 nitrogen and oxygen atoms in total. The van der Waals surface area contributed by atoms with Crippen molar-refractivity contribution in [2.24, 2.45) is 0 Å². The van der Waals surface area contributed by atoms with Crippen molar-refractivity contribution in [1.29, 1.82) is 0 Å². The van der Waals surface area contributed by atoms with E-state index in [1.807, 2.05) is 0 Å². The molecule has 0 aliphatic heterocycles. The molecule has 0 bridgehead atoms. The molecule has 5 heteroatoms. The maximum Gasteiger partial charge on any atom is 0.223 e. The van der Waals surface area contributed by atoms with E-state index < -0.39 is 0 Å². The zero-order chi connectivity index (χ0) is 12.1.